The Kier molecular flexibility index (Phi) is 5.91. The summed E-state index contributed by atoms with van der Waals surface area (Å²) in [6, 6.07) is 12.0. The molecule has 0 aliphatic heterocycles. The monoisotopic (exact) mass is 363 g/mol. The van der Waals surface area contributed by atoms with Gasteiger partial charge in [0.25, 0.3) is 11.8 Å². The van der Waals surface area contributed by atoms with E-state index in [0.717, 1.165) is 0 Å². The summed E-state index contributed by atoms with van der Waals surface area (Å²) < 4.78 is 5.30. The molecule has 2 aromatic carbocycles. The fourth-order valence-corrected chi connectivity index (χ4v) is 2.11. The lowest BCUT2D eigenvalue weighted by atomic mass is 10.2. The Labute approximate surface area is 147 Å². The van der Waals surface area contributed by atoms with Gasteiger partial charge in [-0.1, -0.05) is 35.9 Å². The van der Waals surface area contributed by atoms with Crippen LogP contribution >= 0.6 is 11.6 Å². The summed E-state index contributed by atoms with van der Waals surface area (Å²) >= 11 is 5.89. The summed E-state index contributed by atoms with van der Waals surface area (Å²) in [4.78, 5) is 34.3. The van der Waals surface area contributed by atoms with Crippen molar-refractivity contribution in [1.82, 2.24) is 10.9 Å². The highest BCUT2D eigenvalue weighted by Gasteiger charge is 2.21. The molecule has 0 aromatic heterocycles. The molecular weight excluding hydrogens is 350 g/mol. The molecule has 8 nitrogen and oxygen atoms in total. The summed E-state index contributed by atoms with van der Waals surface area (Å²) in [5, 5.41) is 11.2. The van der Waals surface area contributed by atoms with Crippen LogP contribution < -0.4 is 15.6 Å². The van der Waals surface area contributed by atoms with Crippen LogP contribution in [-0.2, 0) is 4.79 Å². The van der Waals surface area contributed by atoms with Gasteiger partial charge in [-0.05, 0) is 25.1 Å². The predicted molar refractivity (Wildman–Crippen MR) is 90.2 cm³/mol. The molecule has 2 aromatic rings. The van der Waals surface area contributed by atoms with Crippen LogP contribution in [-0.4, -0.2) is 22.8 Å². The zero-order chi connectivity index (χ0) is 18.4. The Balaban J connectivity index is 1.96. The number of hydrogen-bond donors (Lipinski definition) is 2. The molecule has 25 heavy (non-hydrogen) atoms. The van der Waals surface area contributed by atoms with Crippen LogP contribution in [0.15, 0.2) is 48.5 Å². The summed E-state index contributed by atoms with van der Waals surface area (Å²) in [7, 11) is 0. The third-order valence-corrected chi connectivity index (χ3v) is 3.48. The highest BCUT2D eigenvalue weighted by molar-refractivity contribution is 6.33. The molecule has 1 atom stereocenters. The molecule has 0 aliphatic rings. The van der Waals surface area contributed by atoms with Crippen LogP contribution in [0, 0.1) is 10.1 Å². The first kappa shape index (κ1) is 18.2. The number of nitrogens with one attached hydrogen (secondary N) is 2. The number of hydrogen-bond acceptors (Lipinski definition) is 5. The molecule has 0 heterocycles. The average Bonchev–Trinajstić information content (AvgIpc) is 2.60. The fourth-order valence-electron chi connectivity index (χ4n) is 1.88. The minimum absolute atomic E-state index is 0.0485. The van der Waals surface area contributed by atoms with Crippen molar-refractivity contribution in [3.63, 3.8) is 0 Å². The van der Waals surface area contributed by atoms with Gasteiger partial charge in [-0.3, -0.25) is 30.6 Å². The lowest BCUT2D eigenvalue weighted by Crippen LogP contribution is -2.47. The number of amides is 2. The van der Waals surface area contributed by atoms with Gasteiger partial charge in [0.1, 0.15) is 0 Å². The molecule has 0 saturated carbocycles. The molecule has 0 bridgehead atoms. The molecule has 0 fully saturated rings. The van der Waals surface area contributed by atoms with Gasteiger partial charge in [-0.25, -0.2) is 0 Å². The van der Waals surface area contributed by atoms with Crippen LogP contribution in [0.5, 0.6) is 5.75 Å². The van der Waals surface area contributed by atoms with E-state index in [1.165, 1.54) is 31.2 Å². The van der Waals surface area contributed by atoms with E-state index in [1.54, 1.807) is 24.3 Å². The van der Waals surface area contributed by atoms with E-state index in [4.69, 9.17) is 16.3 Å². The molecule has 0 saturated heterocycles. The van der Waals surface area contributed by atoms with Gasteiger partial charge in [0, 0.05) is 6.07 Å². The molecule has 0 aliphatic carbocycles. The number of ether oxygens (including phenoxy) is 1. The zero-order valence-electron chi connectivity index (χ0n) is 13.1. The van der Waals surface area contributed by atoms with Crippen molar-refractivity contribution in [3.8, 4) is 5.75 Å². The van der Waals surface area contributed by atoms with Gasteiger partial charge in [0.2, 0.25) is 0 Å². The number of nitro benzene ring substituents is 1. The van der Waals surface area contributed by atoms with Gasteiger partial charge in [0.05, 0.1) is 15.5 Å². The minimum atomic E-state index is -1.08. The second-order valence-electron chi connectivity index (χ2n) is 4.91. The average molecular weight is 364 g/mol. The number of carbonyl (C=O) groups excluding carboxylic acids is 2. The normalized spacial score (nSPS) is 11.3. The molecule has 0 spiro atoms. The Bertz CT molecular complexity index is 812. The smallest absolute Gasteiger partial charge is 0.310 e. The lowest BCUT2D eigenvalue weighted by Gasteiger charge is -2.15. The van der Waals surface area contributed by atoms with Gasteiger partial charge < -0.3 is 4.74 Å². The quantitative estimate of drug-likeness (QED) is 0.626. The van der Waals surface area contributed by atoms with Crippen LogP contribution in [0.2, 0.25) is 5.02 Å². The van der Waals surface area contributed by atoms with Crippen molar-refractivity contribution in [2.24, 2.45) is 0 Å². The molecule has 0 radical (unpaired) electrons. The number of nitrogens with zero attached hydrogens (tertiary/aromatic N) is 1. The molecule has 2 amide bonds. The molecule has 2 rings (SSSR count). The van der Waals surface area contributed by atoms with Crippen molar-refractivity contribution in [3.05, 3.63) is 69.2 Å². The fraction of sp³-hybridized carbons (Fsp3) is 0.125. The third-order valence-electron chi connectivity index (χ3n) is 3.15. The number of nitro groups is 1. The van der Waals surface area contributed by atoms with Gasteiger partial charge in [0.15, 0.2) is 11.9 Å². The van der Waals surface area contributed by atoms with E-state index < -0.39 is 22.8 Å². The molecule has 130 valence electrons. The molecule has 9 heteroatoms. The van der Waals surface area contributed by atoms with Gasteiger partial charge in [-0.15, -0.1) is 0 Å². The van der Waals surface area contributed by atoms with Crippen molar-refractivity contribution in [2.45, 2.75) is 13.0 Å². The zero-order valence-corrected chi connectivity index (χ0v) is 13.8. The van der Waals surface area contributed by atoms with E-state index in [9.17, 15) is 19.7 Å². The summed E-state index contributed by atoms with van der Waals surface area (Å²) in [6.45, 7) is 1.40. The summed E-state index contributed by atoms with van der Waals surface area (Å²) in [6.07, 6.45) is -1.08. The number of hydrazine groups is 1. The SMILES string of the molecule is CC(Oc1ccccc1[N+](=O)[O-])C(=O)NNC(=O)c1ccccc1Cl. The van der Waals surface area contributed by atoms with Gasteiger partial charge in [-0.2, -0.15) is 0 Å². The van der Waals surface area contributed by atoms with Crippen molar-refractivity contribution >= 4 is 29.1 Å². The van der Waals surface area contributed by atoms with E-state index >= 15 is 0 Å². The number of benzene rings is 2. The van der Waals surface area contributed by atoms with Crippen LogP contribution in [0.25, 0.3) is 0 Å². The summed E-state index contributed by atoms with van der Waals surface area (Å²) in [5.74, 6) is -1.33. The molecular formula is C16H14ClN3O5. The van der Waals surface area contributed by atoms with Crippen molar-refractivity contribution in [2.75, 3.05) is 0 Å². The third kappa shape index (κ3) is 4.67. The first-order valence-electron chi connectivity index (χ1n) is 7.15. The number of rotatable bonds is 5. The number of halogens is 1. The standard InChI is InChI=1S/C16H14ClN3O5/c1-10(25-14-9-5-4-8-13(14)20(23)24)15(21)18-19-16(22)11-6-2-3-7-12(11)17/h2-10H,1H3,(H,18,21)(H,19,22). The van der Waals surface area contributed by atoms with E-state index in [2.05, 4.69) is 10.9 Å². The van der Waals surface area contributed by atoms with Crippen molar-refractivity contribution < 1.29 is 19.2 Å². The Morgan fingerprint density at radius 1 is 1.12 bits per heavy atom. The Hall–Kier alpha value is -3.13. The highest BCUT2D eigenvalue weighted by Crippen LogP contribution is 2.26. The van der Waals surface area contributed by atoms with Crippen LogP contribution in [0.3, 0.4) is 0 Å². The lowest BCUT2D eigenvalue weighted by molar-refractivity contribution is -0.386. The first-order valence-corrected chi connectivity index (χ1v) is 7.52. The maximum atomic E-state index is 12.0. The Morgan fingerprint density at radius 2 is 1.76 bits per heavy atom. The van der Waals surface area contributed by atoms with Crippen LogP contribution in [0.4, 0.5) is 5.69 Å². The van der Waals surface area contributed by atoms with Crippen molar-refractivity contribution in [1.29, 1.82) is 0 Å². The second kappa shape index (κ2) is 8.11. The highest BCUT2D eigenvalue weighted by atomic mass is 35.5. The Morgan fingerprint density at radius 3 is 2.44 bits per heavy atom. The van der Waals surface area contributed by atoms with E-state index in [-0.39, 0.29) is 22.0 Å². The first-order chi connectivity index (χ1) is 11.9. The maximum absolute atomic E-state index is 12.0. The van der Waals surface area contributed by atoms with E-state index in [0.29, 0.717) is 0 Å². The predicted octanol–water partition coefficient (Wildman–Crippen LogP) is 2.48. The maximum Gasteiger partial charge on any atom is 0.310 e. The van der Waals surface area contributed by atoms with E-state index in [1.807, 2.05) is 0 Å². The van der Waals surface area contributed by atoms with Crippen LogP contribution in [0.1, 0.15) is 17.3 Å². The largest absolute Gasteiger partial charge is 0.474 e. The minimum Gasteiger partial charge on any atom is -0.474 e. The van der Waals surface area contributed by atoms with Gasteiger partial charge >= 0.3 is 5.69 Å². The topological polar surface area (TPSA) is 111 Å². The number of para-hydroxylation sites is 2. The molecule has 1 unspecified atom stereocenters. The number of carbonyl (C=O) groups is 2. The second-order valence-corrected chi connectivity index (χ2v) is 5.32. The molecule has 2 N–H and O–H groups in total. The summed E-state index contributed by atoms with van der Waals surface area (Å²) in [5.41, 5.74) is 4.32.